The molecule has 25 heavy (non-hydrogen) atoms. The predicted molar refractivity (Wildman–Crippen MR) is 105 cm³/mol. The first-order valence-electron chi connectivity index (χ1n) is 8.70. The van der Waals surface area contributed by atoms with E-state index in [4.69, 9.17) is 23.2 Å². The van der Waals surface area contributed by atoms with Crippen molar-refractivity contribution in [2.24, 2.45) is 0 Å². The van der Waals surface area contributed by atoms with E-state index in [9.17, 15) is 4.79 Å². The van der Waals surface area contributed by atoms with Crippen molar-refractivity contribution in [3.8, 4) is 0 Å². The Kier molecular flexibility index (Phi) is 6.35. The summed E-state index contributed by atoms with van der Waals surface area (Å²) < 4.78 is 0. The third-order valence-electron chi connectivity index (χ3n) is 4.59. The number of nitrogens with one attached hydrogen (secondary N) is 2. The van der Waals surface area contributed by atoms with Crippen LogP contribution < -0.4 is 10.6 Å². The van der Waals surface area contributed by atoms with Crippen LogP contribution in [0.5, 0.6) is 0 Å². The number of hydrogen-bond acceptors (Lipinski definition) is 2. The topological polar surface area (TPSA) is 41.1 Å². The smallest absolute Gasteiger partial charge is 0.255 e. The second-order valence-corrected chi connectivity index (χ2v) is 7.28. The van der Waals surface area contributed by atoms with Crippen molar-refractivity contribution in [1.82, 2.24) is 5.32 Å². The minimum absolute atomic E-state index is 0.197. The van der Waals surface area contributed by atoms with Crippen LogP contribution in [-0.4, -0.2) is 18.5 Å². The van der Waals surface area contributed by atoms with E-state index in [0.717, 1.165) is 25.1 Å². The highest BCUT2D eigenvalue weighted by Gasteiger charge is 2.12. The van der Waals surface area contributed by atoms with Gasteiger partial charge in [-0.3, -0.25) is 4.79 Å². The molecule has 2 aromatic rings. The molecule has 0 radical (unpaired) electrons. The van der Waals surface area contributed by atoms with Crippen LogP contribution in [-0.2, 0) is 6.42 Å². The molecular weight excluding hydrogens is 355 g/mol. The first-order valence-corrected chi connectivity index (χ1v) is 9.46. The van der Waals surface area contributed by atoms with Crippen molar-refractivity contribution in [3.05, 3.63) is 63.6 Å². The Morgan fingerprint density at radius 3 is 2.56 bits per heavy atom. The van der Waals surface area contributed by atoms with Crippen LogP contribution in [0.2, 0.25) is 10.0 Å². The monoisotopic (exact) mass is 376 g/mol. The fourth-order valence-corrected chi connectivity index (χ4v) is 3.40. The number of anilines is 1. The van der Waals surface area contributed by atoms with Crippen LogP contribution in [0, 0.1) is 0 Å². The summed E-state index contributed by atoms with van der Waals surface area (Å²) in [6.45, 7) is 1.14. The minimum Gasteiger partial charge on any atom is -0.322 e. The molecular formula is C20H22Cl2N2O. The average Bonchev–Trinajstić information content (AvgIpc) is 2.64. The van der Waals surface area contributed by atoms with Crippen LogP contribution in [0.15, 0.2) is 42.5 Å². The van der Waals surface area contributed by atoms with E-state index in [1.807, 2.05) is 12.1 Å². The summed E-state index contributed by atoms with van der Waals surface area (Å²) in [6.07, 6.45) is 6.12. The molecule has 3 rings (SSSR count). The normalized spacial score (nSPS) is 17.3. The number of rotatable bonds is 5. The van der Waals surface area contributed by atoms with E-state index in [1.54, 1.807) is 18.2 Å². The van der Waals surface area contributed by atoms with Gasteiger partial charge in [-0.1, -0.05) is 41.8 Å². The van der Waals surface area contributed by atoms with Crippen LogP contribution in [0.4, 0.5) is 5.69 Å². The van der Waals surface area contributed by atoms with Gasteiger partial charge >= 0.3 is 0 Å². The lowest BCUT2D eigenvalue weighted by molar-refractivity contribution is 0.102. The Morgan fingerprint density at radius 1 is 1.08 bits per heavy atom. The molecule has 5 heteroatoms. The summed E-state index contributed by atoms with van der Waals surface area (Å²) in [7, 11) is 0. The maximum absolute atomic E-state index is 12.3. The fourth-order valence-electron chi connectivity index (χ4n) is 3.11. The third kappa shape index (κ3) is 5.21. The number of aryl methyl sites for hydroxylation is 1. The van der Waals surface area contributed by atoms with Gasteiger partial charge in [-0.15, -0.1) is 0 Å². The highest BCUT2D eigenvalue weighted by molar-refractivity contribution is 6.42. The van der Waals surface area contributed by atoms with Crippen molar-refractivity contribution in [2.75, 3.05) is 11.9 Å². The summed E-state index contributed by atoms with van der Waals surface area (Å²) in [6, 6.07) is 13.5. The zero-order valence-electron chi connectivity index (χ0n) is 14.0. The SMILES string of the molecule is O=C(Nc1ccc(CC[C@H]2CCCCN2)cc1)c1ccc(Cl)c(Cl)c1. The van der Waals surface area contributed by atoms with Gasteiger partial charge in [0, 0.05) is 17.3 Å². The van der Waals surface area contributed by atoms with Crippen molar-refractivity contribution >= 4 is 34.8 Å². The zero-order valence-corrected chi connectivity index (χ0v) is 15.5. The van der Waals surface area contributed by atoms with Gasteiger partial charge in [0.15, 0.2) is 0 Å². The van der Waals surface area contributed by atoms with E-state index >= 15 is 0 Å². The van der Waals surface area contributed by atoms with Gasteiger partial charge in [-0.05, 0) is 68.1 Å². The second kappa shape index (κ2) is 8.70. The van der Waals surface area contributed by atoms with Gasteiger partial charge in [0.05, 0.1) is 10.0 Å². The van der Waals surface area contributed by atoms with E-state index in [2.05, 4.69) is 22.8 Å². The van der Waals surface area contributed by atoms with Crippen LogP contribution in [0.25, 0.3) is 0 Å². The Hall–Kier alpha value is -1.55. The van der Waals surface area contributed by atoms with E-state index < -0.39 is 0 Å². The molecule has 0 aliphatic carbocycles. The van der Waals surface area contributed by atoms with E-state index in [1.165, 1.54) is 24.8 Å². The maximum Gasteiger partial charge on any atom is 0.255 e. The predicted octanol–water partition coefficient (Wildman–Crippen LogP) is 5.32. The quantitative estimate of drug-likeness (QED) is 0.740. The standard InChI is InChI=1S/C20H22Cl2N2O/c21-18-11-7-15(13-19(18)22)20(25)24-17-9-5-14(6-10-17)4-8-16-3-1-2-12-23-16/h5-7,9-11,13,16,23H,1-4,8,12H2,(H,24,25)/t16-/m1/s1. The molecule has 2 N–H and O–H groups in total. The first-order chi connectivity index (χ1) is 12.1. The molecule has 1 amide bonds. The van der Waals surface area contributed by atoms with Gasteiger partial charge in [-0.2, -0.15) is 0 Å². The lowest BCUT2D eigenvalue weighted by Gasteiger charge is -2.23. The van der Waals surface area contributed by atoms with Crippen molar-refractivity contribution in [1.29, 1.82) is 0 Å². The largest absolute Gasteiger partial charge is 0.322 e. The molecule has 0 unspecified atom stereocenters. The molecule has 1 fully saturated rings. The Bertz CT molecular complexity index is 725. The lowest BCUT2D eigenvalue weighted by Crippen LogP contribution is -2.34. The molecule has 0 saturated carbocycles. The van der Waals surface area contributed by atoms with Gasteiger partial charge in [-0.25, -0.2) is 0 Å². The summed E-state index contributed by atoms with van der Waals surface area (Å²) in [5.41, 5.74) is 2.55. The Balaban J connectivity index is 1.54. The number of amides is 1. The van der Waals surface area contributed by atoms with Gasteiger partial charge in [0.25, 0.3) is 5.91 Å². The number of benzene rings is 2. The van der Waals surface area contributed by atoms with Crippen molar-refractivity contribution in [3.63, 3.8) is 0 Å². The minimum atomic E-state index is -0.197. The molecule has 0 aromatic heterocycles. The lowest BCUT2D eigenvalue weighted by atomic mass is 9.98. The molecule has 1 aliphatic rings. The molecule has 0 bridgehead atoms. The highest BCUT2D eigenvalue weighted by Crippen LogP contribution is 2.23. The second-order valence-electron chi connectivity index (χ2n) is 6.47. The fraction of sp³-hybridized carbons (Fsp3) is 0.350. The number of hydrogen-bond donors (Lipinski definition) is 2. The molecule has 0 spiro atoms. The molecule has 1 saturated heterocycles. The average molecular weight is 377 g/mol. The molecule has 1 heterocycles. The number of carbonyl (C=O) groups excluding carboxylic acids is 1. The molecule has 132 valence electrons. The van der Waals surface area contributed by atoms with Crippen LogP contribution >= 0.6 is 23.2 Å². The number of halogens is 2. The Morgan fingerprint density at radius 2 is 1.88 bits per heavy atom. The number of carbonyl (C=O) groups is 1. The molecule has 1 aliphatic heterocycles. The van der Waals surface area contributed by atoms with Crippen molar-refractivity contribution < 1.29 is 4.79 Å². The van der Waals surface area contributed by atoms with Crippen LogP contribution in [0.3, 0.4) is 0 Å². The highest BCUT2D eigenvalue weighted by atomic mass is 35.5. The van der Waals surface area contributed by atoms with Gasteiger partial charge in [0.1, 0.15) is 0 Å². The zero-order chi connectivity index (χ0) is 17.6. The van der Waals surface area contributed by atoms with E-state index in [-0.39, 0.29) is 5.91 Å². The summed E-state index contributed by atoms with van der Waals surface area (Å²) in [4.78, 5) is 12.3. The molecule has 1 atom stereocenters. The maximum atomic E-state index is 12.3. The van der Waals surface area contributed by atoms with Crippen LogP contribution in [0.1, 0.15) is 41.6 Å². The summed E-state index contributed by atoms with van der Waals surface area (Å²) >= 11 is 11.8. The molecule has 2 aromatic carbocycles. The summed E-state index contributed by atoms with van der Waals surface area (Å²) in [5, 5.41) is 7.28. The Labute approximate surface area is 158 Å². The van der Waals surface area contributed by atoms with Gasteiger partial charge in [0.2, 0.25) is 0 Å². The number of piperidine rings is 1. The van der Waals surface area contributed by atoms with Crippen molar-refractivity contribution in [2.45, 2.75) is 38.1 Å². The summed E-state index contributed by atoms with van der Waals surface area (Å²) in [5.74, 6) is -0.197. The third-order valence-corrected chi connectivity index (χ3v) is 5.33. The van der Waals surface area contributed by atoms with Gasteiger partial charge < -0.3 is 10.6 Å². The first kappa shape index (κ1) is 18.2. The van der Waals surface area contributed by atoms with E-state index in [0.29, 0.717) is 21.7 Å². The molecule has 3 nitrogen and oxygen atoms in total.